The van der Waals surface area contributed by atoms with Gasteiger partial charge in [0.05, 0.1) is 11.8 Å². The van der Waals surface area contributed by atoms with Crippen LogP contribution >= 0.6 is 11.8 Å². The number of nitrogens with two attached hydrogens (primary N) is 1. The highest BCUT2D eigenvalue weighted by atomic mass is 32.2. The molecule has 0 fully saturated rings. The first-order valence-electron chi connectivity index (χ1n) is 5.60. The van der Waals surface area contributed by atoms with E-state index in [-0.39, 0.29) is 17.4 Å². The number of nitrogens with zero attached hydrogens (tertiary/aromatic N) is 1. The quantitative estimate of drug-likeness (QED) is 0.776. The highest BCUT2D eigenvalue weighted by molar-refractivity contribution is 8.00. The van der Waals surface area contributed by atoms with Gasteiger partial charge >= 0.3 is 0 Å². The van der Waals surface area contributed by atoms with E-state index in [1.54, 1.807) is 18.7 Å². The molecule has 2 unspecified atom stereocenters. The van der Waals surface area contributed by atoms with E-state index in [2.05, 4.69) is 4.98 Å². The Morgan fingerprint density at radius 2 is 2.12 bits per heavy atom. The second-order valence-corrected chi connectivity index (χ2v) is 5.45. The van der Waals surface area contributed by atoms with Crippen LogP contribution in [0.3, 0.4) is 0 Å². The molecule has 0 aliphatic heterocycles. The maximum atomic E-state index is 9.40. The van der Waals surface area contributed by atoms with Gasteiger partial charge in [-0.1, -0.05) is 13.8 Å². The SMILES string of the molecule is CC[C@H](N)c1ccc(SC(C)C(C)O)cn1. The largest absolute Gasteiger partial charge is 0.392 e. The predicted molar refractivity (Wildman–Crippen MR) is 68.5 cm³/mol. The summed E-state index contributed by atoms with van der Waals surface area (Å²) >= 11 is 1.63. The zero-order valence-electron chi connectivity index (χ0n) is 10.1. The zero-order chi connectivity index (χ0) is 12.1. The highest BCUT2D eigenvalue weighted by Crippen LogP contribution is 2.25. The van der Waals surface area contributed by atoms with Crippen LogP contribution in [0, 0.1) is 0 Å². The van der Waals surface area contributed by atoms with Gasteiger partial charge in [0.25, 0.3) is 0 Å². The van der Waals surface area contributed by atoms with Gasteiger partial charge in [-0.05, 0) is 25.5 Å². The molecule has 1 rings (SSSR count). The van der Waals surface area contributed by atoms with Crippen LogP contribution in [-0.4, -0.2) is 21.4 Å². The van der Waals surface area contributed by atoms with Crippen LogP contribution in [0.25, 0.3) is 0 Å². The van der Waals surface area contributed by atoms with Crippen molar-refractivity contribution in [2.24, 2.45) is 5.73 Å². The summed E-state index contributed by atoms with van der Waals surface area (Å²) in [7, 11) is 0. The van der Waals surface area contributed by atoms with E-state index < -0.39 is 0 Å². The molecule has 0 saturated carbocycles. The molecule has 90 valence electrons. The molecule has 16 heavy (non-hydrogen) atoms. The number of aliphatic hydroxyl groups is 1. The third-order valence-electron chi connectivity index (χ3n) is 2.58. The van der Waals surface area contributed by atoms with Gasteiger partial charge in [0.15, 0.2) is 0 Å². The molecule has 0 saturated heterocycles. The van der Waals surface area contributed by atoms with E-state index in [1.807, 2.05) is 32.2 Å². The van der Waals surface area contributed by atoms with E-state index in [4.69, 9.17) is 5.73 Å². The van der Waals surface area contributed by atoms with Crippen molar-refractivity contribution in [2.45, 2.75) is 49.5 Å². The molecule has 0 radical (unpaired) electrons. The van der Waals surface area contributed by atoms with Crippen molar-refractivity contribution < 1.29 is 5.11 Å². The molecular weight excluding hydrogens is 220 g/mol. The van der Waals surface area contributed by atoms with Crippen LogP contribution in [0.2, 0.25) is 0 Å². The molecule has 0 bridgehead atoms. The van der Waals surface area contributed by atoms with Gasteiger partial charge < -0.3 is 10.8 Å². The molecule has 0 amide bonds. The number of thioether (sulfide) groups is 1. The van der Waals surface area contributed by atoms with Crippen LogP contribution < -0.4 is 5.73 Å². The van der Waals surface area contributed by atoms with Crippen molar-refractivity contribution in [2.75, 3.05) is 0 Å². The molecule has 4 heteroatoms. The van der Waals surface area contributed by atoms with E-state index in [1.165, 1.54) is 0 Å². The van der Waals surface area contributed by atoms with Crippen LogP contribution in [0.4, 0.5) is 0 Å². The molecular formula is C12H20N2OS. The van der Waals surface area contributed by atoms with Gasteiger partial charge in [0, 0.05) is 22.4 Å². The van der Waals surface area contributed by atoms with Crippen LogP contribution in [0.1, 0.15) is 38.9 Å². The van der Waals surface area contributed by atoms with Crippen molar-refractivity contribution >= 4 is 11.8 Å². The molecule has 1 heterocycles. The molecule has 0 aliphatic carbocycles. The number of hydrogen-bond donors (Lipinski definition) is 2. The number of aliphatic hydroxyl groups excluding tert-OH is 1. The second kappa shape index (κ2) is 6.23. The van der Waals surface area contributed by atoms with Crippen LogP contribution in [-0.2, 0) is 0 Å². The number of hydrogen-bond acceptors (Lipinski definition) is 4. The van der Waals surface area contributed by atoms with Crippen molar-refractivity contribution in [3.05, 3.63) is 24.0 Å². The summed E-state index contributed by atoms with van der Waals surface area (Å²) in [4.78, 5) is 5.40. The summed E-state index contributed by atoms with van der Waals surface area (Å²) in [6.07, 6.45) is 2.40. The van der Waals surface area contributed by atoms with Gasteiger partial charge in [-0.15, -0.1) is 11.8 Å². The van der Waals surface area contributed by atoms with Gasteiger partial charge in [-0.2, -0.15) is 0 Å². The first-order chi connectivity index (χ1) is 7.54. The summed E-state index contributed by atoms with van der Waals surface area (Å²) in [5.41, 5.74) is 6.81. The molecule has 3 N–H and O–H groups in total. The average molecular weight is 240 g/mol. The minimum absolute atomic E-state index is 0.0215. The topological polar surface area (TPSA) is 59.1 Å². The fourth-order valence-electron chi connectivity index (χ4n) is 1.20. The van der Waals surface area contributed by atoms with Gasteiger partial charge in [0.2, 0.25) is 0 Å². The Morgan fingerprint density at radius 1 is 1.44 bits per heavy atom. The maximum absolute atomic E-state index is 9.40. The lowest BCUT2D eigenvalue weighted by molar-refractivity contribution is 0.196. The zero-order valence-corrected chi connectivity index (χ0v) is 10.9. The minimum Gasteiger partial charge on any atom is -0.392 e. The fourth-order valence-corrected chi connectivity index (χ4v) is 2.09. The van der Waals surface area contributed by atoms with Crippen LogP contribution in [0.5, 0.6) is 0 Å². The molecule has 0 spiro atoms. The summed E-state index contributed by atoms with van der Waals surface area (Å²) in [6.45, 7) is 5.85. The Balaban J connectivity index is 2.64. The summed E-state index contributed by atoms with van der Waals surface area (Å²) < 4.78 is 0. The molecule has 1 aromatic heterocycles. The Labute approximate surface area is 101 Å². The number of rotatable bonds is 5. The lowest BCUT2D eigenvalue weighted by Crippen LogP contribution is -2.15. The lowest BCUT2D eigenvalue weighted by atomic mass is 10.1. The predicted octanol–water partition coefficient (Wildman–Crippen LogP) is 2.35. The van der Waals surface area contributed by atoms with Crippen LogP contribution in [0.15, 0.2) is 23.2 Å². The Bertz CT molecular complexity index is 313. The van der Waals surface area contributed by atoms with Gasteiger partial charge in [-0.3, -0.25) is 4.98 Å². The number of aromatic nitrogens is 1. The van der Waals surface area contributed by atoms with Crippen molar-refractivity contribution in [1.29, 1.82) is 0 Å². The van der Waals surface area contributed by atoms with Crippen molar-refractivity contribution in [3.63, 3.8) is 0 Å². The Morgan fingerprint density at radius 3 is 2.56 bits per heavy atom. The molecule has 3 atom stereocenters. The molecule has 0 aromatic carbocycles. The van der Waals surface area contributed by atoms with Crippen molar-refractivity contribution in [3.8, 4) is 0 Å². The van der Waals surface area contributed by atoms with Gasteiger partial charge in [-0.25, -0.2) is 0 Å². The maximum Gasteiger partial charge on any atom is 0.0631 e. The molecule has 3 nitrogen and oxygen atoms in total. The Kier molecular flexibility index (Phi) is 5.25. The smallest absolute Gasteiger partial charge is 0.0631 e. The third kappa shape index (κ3) is 3.77. The monoisotopic (exact) mass is 240 g/mol. The first-order valence-corrected chi connectivity index (χ1v) is 6.48. The van der Waals surface area contributed by atoms with E-state index in [9.17, 15) is 5.11 Å². The normalized spacial score (nSPS) is 16.8. The van der Waals surface area contributed by atoms with Crippen molar-refractivity contribution in [1.82, 2.24) is 4.98 Å². The molecule has 0 aliphatic rings. The van der Waals surface area contributed by atoms with E-state index in [0.29, 0.717) is 0 Å². The van der Waals surface area contributed by atoms with E-state index in [0.717, 1.165) is 17.0 Å². The van der Waals surface area contributed by atoms with E-state index >= 15 is 0 Å². The summed E-state index contributed by atoms with van der Waals surface area (Å²) in [5, 5.41) is 9.58. The average Bonchev–Trinajstić information content (AvgIpc) is 2.28. The first kappa shape index (κ1) is 13.5. The number of pyridine rings is 1. The minimum atomic E-state index is -0.317. The fraction of sp³-hybridized carbons (Fsp3) is 0.583. The third-order valence-corrected chi connectivity index (χ3v) is 3.86. The second-order valence-electron chi connectivity index (χ2n) is 4.00. The van der Waals surface area contributed by atoms with Gasteiger partial charge in [0.1, 0.15) is 0 Å². The summed E-state index contributed by atoms with van der Waals surface area (Å²) in [5.74, 6) is 0. The Hall–Kier alpha value is -0.580. The highest BCUT2D eigenvalue weighted by Gasteiger charge is 2.11. The summed E-state index contributed by atoms with van der Waals surface area (Å²) in [6, 6.07) is 4.00. The lowest BCUT2D eigenvalue weighted by Gasteiger charge is -2.14. The molecule has 1 aromatic rings. The standard InChI is InChI=1S/C12H20N2OS/c1-4-11(13)12-6-5-10(7-14-12)16-9(3)8(2)15/h5-9,11,15H,4,13H2,1-3H3/t8?,9?,11-/m0/s1.